The second-order valence-corrected chi connectivity index (χ2v) is 5.39. The van der Waals surface area contributed by atoms with E-state index in [2.05, 4.69) is 20.3 Å². The predicted molar refractivity (Wildman–Crippen MR) is 78.2 cm³/mol. The smallest absolute Gasteiger partial charge is 0.287 e. The molecule has 1 fully saturated rings. The molecule has 0 aromatic carbocycles. The molecule has 1 aliphatic carbocycles. The van der Waals surface area contributed by atoms with Crippen LogP contribution in [0.5, 0.6) is 0 Å². The molecule has 2 aromatic heterocycles. The van der Waals surface area contributed by atoms with Gasteiger partial charge in [-0.15, -0.1) is 0 Å². The first-order chi connectivity index (χ1) is 10.2. The average Bonchev–Trinajstić information content (AvgIpc) is 2.88. The van der Waals surface area contributed by atoms with Crippen molar-refractivity contribution in [2.75, 3.05) is 0 Å². The van der Waals surface area contributed by atoms with E-state index in [1.807, 2.05) is 6.92 Å². The molecule has 0 spiro atoms. The molecule has 0 saturated heterocycles. The lowest BCUT2D eigenvalue weighted by molar-refractivity contribution is 0.0913. The van der Waals surface area contributed by atoms with Crippen molar-refractivity contribution in [3.63, 3.8) is 0 Å². The van der Waals surface area contributed by atoms with Gasteiger partial charge in [0.1, 0.15) is 0 Å². The minimum absolute atomic E-state index is 0.211. The van der Waals surface area contributed by atoms with E-state index >= 15 is 0 Å². The third kappa shape index (κ3) is 2.55. The van der Waals surface area contributed by atoms with Crippen LogP contribution in [-0.4, -0.2) is 31.5 Å². The fraction of sp³-hybridized carbons (Fsp3) is 0.571. The quantitative estimate of drug-likeness (QED) is 0.888. The summed E-state index contributed by atoms with van der Waals surface area (Å²) in [6, 6.07) is 0.211. The van der Waals surface area contributed by atoms with Crippen molar-refractivity contribution < 1.29 is 4.79 Å². The van der Waals surface area contributed by atoms with E-state index < -0.39 is 0 Å². The van der Waals surface area contributed by atoms with E-state index in [-0.39, 0.29) is 28.8 Å². The predicted octanol–water partition coefficient (Wildman–Crippen LogP) is 1.20. The van der Waals surface area contributed by atoms with Gasteiger partial charge in [-0.05, 0) is 19.8 Å². The van der Waals surface area contributed by atoms with Crippen molar-refractivity contribution in [1.82, 2.24) is 24.8 Å². The Hall–Kier alpha value is -2.18. The Balaban J connectivity index is 1.93. The highest BCUT2D eigenvalue weighted by molar-refractivity contribution is 5.94. The van der Waals surface area contributed by atoms with Gasteiger partial charge in [0.25, 0.3) is 11.5 Å². The van der Waals surface area contributed by atoms with Crippen molar-refractivity contribution >= 4 is 17.1 Å². The van der Waals surface area contributed by atoms with Crippen LogP contribution in [0, 0.1) is 0 Å². The molecule has 2 aromatic rings. The van der Waals surface area contributed by atoms with Gasteiger partial charge in [-0.3, -0.25) is 9.59 Å². The van der Waals surface area contributed by atoms with Crippen LogP contribution in [0.3, 0.4) is 0 Å². The first-order valence-corrected chi connectivity index (χ1v) is 7.45. The number of nitrogens with one attached hydrogen (secondary N) is 2. The molecule has 1 saturated carbocycles. The molecule has 112 valence electrons. The van der Waals surface area contributed by atoms with Crippen LogP contribution in [-0.2, 0) is 6.54 Å². The summed E-state index contributed by atoms with van der Waals surface area (Å²) in [4.78, 5) is 35.0. The summed E-state index contributed by atoms with van der Waals surface area (Å²) < 4.78 is 1.68. The van der Waals surface area contributed by atoms with Crippen LogP contribution in [0.15, 0.2) is 11.1 Å². The Kier molecular flexibility index (Phi) is 3.72. The molecule has 0 unspecified atom stereocenters. The zero-order valence-electron chi connectivity index (χ0n) is 12.1. The molecule has 0 bridgehead atoms. The summed E-state index contributed by atoms with van der Waals surface area (Å²) >= 11 is 0. The standard InChI is InChI=1S/C14H19N5O2/c1-2-19-11-10(13(20)16-8-15-11)18-12(19)14(21)17-9-6-4-3-5-7-9/h8-9H,2-7H2,1H3,(H,17,21)(H,15,16,20). The molecular weight excluding hydrogens is 270 g/mol. The Morgan fingerprint density at radius 2 is 2.19 bits per heavy atom. The molecule has 1 amide bonds. The summed E-state index contributed by atoms with van der Waals surface area (Å²) in [5.41, 5.74) is 0.349. The Morgan fingerprint density at radius 3 is 2.90 bits per heavy atom. The van der Waals surface area contributed by atoms with Crippen molar-refractivity contribution in [1.29, 1.82) is 0 Å². The number of imidazole rings is 1. The zero-order chi connectivity index (χ0) is 14.8. The lowest BCUT2D eigenvalue weighted by Crippen LogP contribution is -2.37. The largest absolute Gasteiger partial charge is 0.347 e. The van der Waals surface area contributed by atoms with Gasteiger partial charge in [0.2, 0.25) is 5.82 Å². The third-order valence-electron chi connectivity index (χ3n) is 4.00. The summed E-state index contributed by atoms with van der Waals surface area (Å²) in [6.45, 7) is 2.45. The summed E-state index contributed by atoms with van der Waals surface area (Å²) in [7, 11) is 0. The SMILES string of the molecule is CCn1c(C(=O)NC2CCCCC2)nc2c(=O)[nH]cnc21. The molecule has 0 radical (unpaired) electrons. The monoisotopic (exact) mass is 289 g/mol. The molecule has 2 N–H and O–H groups in total. The third-order valence-corrected chi connectivity index (χ3v) is 4.00. The number of aryl methyl sites for hydroxylation is 1. The van der Waals surface area contributed by atoms with Crippen molar-refractivity contribution in [3.05, 3.63) is 22.5 Å². The van der Waals surface area contributed by atoms with E-state index in [1.165, 1.54) is 12.7 Å². The molecule has 2 heterocycles. The second-order valence-electron chi connectivity index (χ2n) is 5.39. The lowest BCUT2D eigenvalue weighted by atomic mass is 9.95. The molecule has 3 rings (SSSR count). The highest BCUT2D eigenvalue weighted by Crippen LogP contribution is 2.18. The Bertz CT molecular complexity index is 712. The number of carbonyl (C=O) groups excluding carboxylic acids is 1. The van der Waals surface area contributed by atoms with Gasteiger partial charge in [0.15, 0.2) is 11.2 Å². The first kappa shape index (κ1) is 13.8. The van der Waals surface area contributed by atoms with Crippen molar-refractivity contribution in [2.24, 2.45) is 0 Å². The number of fused-ring (bicyclic) bond motifs is 1. The maximum atomic E-state index is 12.4. The number of hydrogen-bond acceptors (Lipinski definition) is 4. The number of aromatic amines is 1. The highest BCUT2D eigenvalue weighted by Gasteiger charge is 2.22. The van der Waals surface area contributed by atoms with E-state index in [0.29, 0.717) is 12.2 Å². The fourth-order valence-corrected chi connectivity index (χ4v) is 2.92. The van der Waals surface area contributed by atoms with E-state index in [9.17, 15) is 9.59 Å². The van der Waals surface area contributed by atoms with E-state index in [1.54, 1.807) is 4.57 Å². The van der Waals surface area contributed by atoms with Crippen molar-refractivity contribution in [3.8, 4) is 0 Å². The van der Waals surface area contributed by atoms with Gasteiger partial charge in [-0.25, -0.2) is 9.97 Å². The summed E-state index contributed by atoms with van der Waals surface area (Å²) in [5, 5.41) is 3.03. The molecule has 7 nitrogen and oxygen atoms in total. The van der Waals surface area contributed by atoms with Gasteiger partial charge in [0.05, 0.1) is 6.33 Å². The van der Waals surface area contributed by atoms with Gasteiger partial charge < -0.3 is 14.9 Å². The normalized spacial score (nSPS) is 16.2. The maximum absolute atomic E-state index is 12.4. The van der Waals surface area contributed by atoms with Crippen LogP contribution in [0.1, 0.15) is 49.6 Å². The second kappa shape index (κ2) is 5.67. The molecular formula is C14H19N5O2. The fourth-order valence-electron chi connectivity index (χ4n) is 2.92. The van der Waals surface area contributed by atoms with Crippen LogP contribution in [0.25, 0.3) is 11.2 Å². The number of H-pyrrole nitrogens is 1. The van der Waals surface area contributed by atoms with Crippen molar-refractivity contribution in [2.45, 2.75) is 51.6 Å². The number of nitrogens with zero attached hydrogens (tertiary/aromatic N) is 3. The minimum Gasteiger partial charge on any atom is -0.347 e. The van der Waals surface area contributed by atoms with E-state index in [0.717, 1.165) is 25.7 Å². The maximum Gasteiger partial charge on any atom is 0.287 e. The van der Waals surface area contributed by atoms with Crippen LogP contribution in [0.4, 0.5) is 0 Å². The van der Waals surface area contributed by atoms with E-state index in [4.69, 9.17) is 0 Å². The highest BCUT2D eigenvalue weighted by atomic mass is 16.2. The zero-order valence-corrected chi connectivity index (χ0v) is 12.1. The molecule has 0 aliphatic heterocycles. The van der Waals surface area contributed by atoms with Gasteiger partial charge in [-0.2, -0.15) is 0 Å². The average molecular weight is 289 g/mol. The summed E-state index contributed by atoms with van der Waals surface area (Å²) in [5.74, 6) is 0.0448. The Morgan fingerprint density at radius 1 is 1.43 bits per heavy atom. The van der Waals surface area contributed by atoms with Gasteiger partial charge in [-0.1, -0.05) is 19.3 Å². The molecule has 1 aliphatic rings. The summed E-state index contributed by atoms with van der Waals surface area (Å²) in [6.07, 6.45) is 6.89. The number of carbonyl (C=O) groups is 1. The first-order valence-electron chi connectivity index (χ1n) is 7.45. The lowest BCUT2D eigenvalue weighted by Gasteiger charge is -2.22. The number of aromatic nitrogens is 4. The topological polar surface area (TPSA) is 92.7 Å². The van der Waals surface area contributed by atoms with Crippen LogP contribution in [0.2, 0.25) is 0 Å². The molecule has 21 heavy (non-hydrogen) atoms. The van der Waals surface area contributed by atoms with Gasteiger partial charge >= 0.3 is 0 Å². The number of rotatable bonds is 3. The van der Waals surface area contributed by atoms with Crippen LogP contribution < -0.4 is 10.9 Å². The number of hydrogen-bond donors (Lipinski definition) is 2. The minimum atomic E-state index is -0.320. The number of amides is 1. The van der Waals surface area contributed by atoms with Gasteiger partial charge in [0, 0.05) is 12.6 Å². The Labute approximate surface area is 121 Å². The molecule has 0 atom stereocenters. The van der Waals surface area contributed by atoms with Crippen LogP contribution >= 0.6 is 0 Å². The molecule has 7 heteroatoms.